The Morgan fingerprint density at radius 3 is 2.34 bits per heavy atom. The number of hydrogen-bond donors (Lipinski definition) is 6. The first kappa shape index (κ1) is 27.1. The molecular weight excluding hydrogens is 531 g/mol. The van der Waals surface area contributed by atoms with Gasteiger partial charge < -0.3 is 29.4 Å². The molecule has 6 N–H and O–H groups in total. The second kappa shape index (κ2) is 8.90. The molecule has 0 radical (unpaired) electrons. The number of aromatic amines is 1. The van der Waals surface area contributed by atoms with Crippen molar-refractivity contribution in [1.29, 1.82) is 0 Å². The summed E-state index contributed by atoms with van der Waals surface area (Å²) in [6.45, 7) is -1.89. The first-order valence-corrected chi connectivity index (χ1v) is 12.6. The fourth-order valence-electron chi connectivity index (χ4n) is 2.39. The van der Waals surface area contributed by atoms with Crippen molar-refractivity contribution in [2.24, 2.45) is 0 Å². The van der Waals surface area contributed by atoms with E-state index in [0.717, 1.165) is 12.3 Å². The number of nitrogens with one attached hydrogen (secondary N) is 1. The van der Waals surface area contributed by atoms with Crippen molar-refractivity contribution in [3.63, 3.8) is 0 Å². The number of halogens is 2. The molecule has 2 heterocycles. The van der Waals surface area contributed by atoms with Crippen LogP contribution in [0.4, 0.5) is 8.78 Å². The lowest BCUT2D eigenvalue weighted by Gasteiger charge is -2.25. The smallest absolute Gasteiger partial charge is 0.383 e. The van der Waals surface area contributed by atoms with Gasteiger partial charge in [0.05, 0.1) is 0 Å². The molecule has 21 heteroatoms. The lowest BCUT2D eigenvalue weighted by atomic mass is 9.96. The third-order valence-electron chi connectivity index (χ3n) is 3.64. The van der Waals surface area contributed by atoms with Gasteiger partial charge in [-0.2, -0.15) is 8.62 Å². The largest absolute Gasteiger partial charge is 0.490 e. The highest BCUT2D eigenvalue weighted by molar-refractivity contribution is 7.71. The number of nitrogens with zero attached hydrogens (tertiary/aromatic N) is 1. The van der Waals surface area contributed by atoms with Gasteiger partial charge in [-0.25, -0.2) is 27.3 Å². The fraction of sp³-hybridized carbons (Fsp3) is 0.455. The minimum Gasteiger partial charge on any atom is -0.383 e. The summed E-state index contributed by atoms with van der Waals surface area (Å²) in [6, 6.07) is 1.06. The highest BCUT2D eigenvalue weighted by Gasteiger charge is 2.67. The Morgan fingerprint density at radius 2 is 1.84 bits per heavy atom. The Kier molecular flexibility index (Phi) is 7.53. The quantitative estimate of drug-likeness (QED) is 0.145. The van der Waals surface area contributed by atoms with Gasteiger partial charge in [0.15, 0.2) is 12.3 Å². The third kappa shape index (κ3) is 6.04. The molecule has 180 valence electrons. The van der Waals surface area contributed by atoms with E-state index in [2.05, 4.69) is 35.1 Å². The Labute approximate surface area is 181 Å². The molecule has 0 bridgehead atoms. The molecule has 15 nitrogen and oxygen atoms in total. The van der Waals surface area contributed by atoms with Crippen LogP contribution in [0.1, 0.15) is 6.23 Å². The maximum atomic E-state index is 15.2. The van der Waals surface area contributed by atoms with Crippen LogP contribution >= 0.6 is 35.7 Å². The molecule has 6 atom stereocenters. The lowest BCUT2D eigenvalue weighted by Crippen LogP contribution is -2.48. The van der Waals surface area contributed by atoms with E-state index in [0.29, 0.717) is 4.57 Å². The van der Waals surface area contributed by atoms with Gasteiger partial charge in [-0.3, -0.25) is 14.1 Å². The maximum absolute atomic E-state index is 15.2. The van der Waals surface area contributed by atoms with E-state index < -0.39 is 59.6 Å². The van der Waals surface area contributed by atoms with Gasteiger partial charge in [-0.15, -0.1) is 6.42 Å². The van der Waals surface area contributed by atoms with Gasteiger partial charge in [0.25, 0.3) is 5.85 Å². The van der Waals surface area contributed by atoms with Crippen LogP contribution in [0.25, 0.3) is 0 Å². The molecule has 0 aliphatic carbocycles. The minimum absolute atomic E-state index is 0.103. The predicted molar refractivity (Wildman–Crippen MR) is 98.3 cm³/mol. The van der Waals surface area contributed by atoms with Crippen molar-refractivity contribution < 1.29 is 65.0 Å². The molecule has 1 aromatic heterocycles. The predicted octanol–water partition coefficient (Wildman–Crippen LogP) is 0.146. The Balaban J connectivity index is 2.28. The summed E-state index contributed by atoms with van der Waals surface area (Å²) in [4.78, 5) is 49.4. The molecule has 32 heavy (non-hydrogen) atoms. The van der Waals surface area contributed by atoms with Gasteiger partial charge in [0, 0.05) is 6.20 Å². The van der Waals surface area contributed by atoms with Crippen molar-refractivity contribution in [3.8, 4) is 12.3 Å². The number of aliphatic hydroxyl groups is 1. The summed E-state index contributed by atoms with van der Waals surface area (Å²) >= 11 is 4.68. The van der Waals surface area contributed by atoms with E-state index in [1.807, 2.05) is 0 Å². The number of H-pyrrole nitrogens is 1. The Hall–Kier alpha value is -1.15. The summed E-state index contributed by atoms with van der Waals surface area (Å²) in [5.41, 5.74) is -4.58. The normalized spacial score (nSPS) is 32.1. The second-order valence-electron chi connectivity index (χ2n) is 5.95. The SMILES string of the molecule is C#C[C@@]1(F)C(O)[C@@](F)(COP(=O)(O)OP(=O)(O)OP(=O)(O)O)O[C@H]1n1ccc(=S)[nH]c1=O. The van der Waals surface area contributed by atoms with Gasteiger partial charge in [0.1, 0.15) is 11.2 Å². The molecule has 0 amide bonds. The van der Waals surface area contributed by atoms with Crippen LogP contribution in [0.5, 0.6) is 0 Å². The zero-order chi connectivity index (χ0) is 24.8. The number of hydrogen-bond acceptors (Lipinski definition) is 10. The van der Waals surface area contributed by atoms with Crippen LogP contribution in [0.15, 0.2) is 17.1 Å². The van der Waals surface area contributed by atoms with Gasteiger partial charge in [0.2, 0.25) is 5.67 Å². The Bertz CT molecular complexity index is 1190. The highest BCUT2D eigenvalue weighted by Crippen LogP contribution is 2.66. The first-order chi connectivity index (χ1) is 14.3. The molecule has 0 aromatic carbocycles. The molecular formula is C11H13F2N2O13P3S. The zero-order valence-corrected chi connectivity index (χ0v) is 18.5. The highest BCUT2D eigenvalue weighted by atomic mass is 32.1. The zero-order valence-electron chi connectivity index (χ0n) is 15.0. The monoisotopic (exact) mass is 544 g/mol. The van der Waals surface area contributed by atoms with Crippen LogP contribution in [0.3, 0.4) is 0 Å². The second-order valence-corrected chi connectivity index (χ2v) is 10.8. The maximum Gasteiger partial charge on any atom is 0.490 e. The summed E-state index contributed by atoms with van der Waals surface area (Å²) in [7, 11) is -17.5. The molecule has 2 rings (SSSR count). The number of phosphoric ester groups is 1. The van der Waals surface area contributed by atoms with Gasteiger partial charge >= 0.3 is 29.2 Å². The van der Waals surface area contributed by atoms with E-state index in [1.54, 1.807) is 0 Å². The van der Waals surface area contributed by atoms with Crippen molar-refractivity contribution in [2.45, 2.75) is 23.9 Å². The van der Waals surface area contributed by atoms with Gasteiger partial charge in [-0.1, -0.05) is 18.1 Å². The van der Waals surface area contributed by atoms with E-state index in [4.69, 9.17) is 21.1 Å². The van der Waals surface area contributed by atoms with Crippen LogP contribution in [-0.4, -0.2) is 58.5 Å². The van der Waals surface area contributed by atoms with Crippen molar-refractivity contribution in [2.75, 3.05) is 6.61 Å². The molecule has 0 saturated carbocycles. The van der Waals surface area contributed by atoms with E-state index in [1.165, 1.54) is 5.92 Å². The first-order valence-electron chi connectivity index (χ1n) is 7.65. The molecule has 3 unspecified atom stereocenters. The number of phosphoric acid groups is 3. The van der Waals surface area contributed by atoms with Crippen molar-refractivity contribution in [1.82, 2.24) is 9.55 Å². The Morgan fingerprint density at radius 1 is 1.25 bits per heavy atom. The standard InChI is InChI=1S/C11H13F2N2O13P3S/c1-2-10(12)7(16)11(13,26-8(10)15-4-3-6(32)14-9(15)17)5-25-30(21,22)28-31(23,24)27-29(18,19)20/h1,3-4,7-8,16H,5H2,(H,21,22)(H,23,24)(H,14,17,32)(H2,18,19,20)/t7?,8-,10-,11-/m1/s1. The number of rotatable bonds is 8. The molecule has 1 aliphatic heterocycles. The van der Waals surface area contributed by atoms with E-state index in [9.17, 15) is 28.5 Å². The van der Waals surface area contributed by atoms with Crippen LogP contribution in [0.2, 0.25) is 0 Å². The average Bonchev–Trinajstić information content (AvgIpc) is 2.80. The summed E-state index contributed by atoms with van der Waals surface area (Å²) in [5.74, 6) is -2.34. The summed E-state index contributed by atoms with van der Waals surface area (Å²) in [5, 5.41) is 10.0. The molecule has 1 saturated heterocycles. The fourth-order valence-corrected chi connectivity index (χ4v) is 5.57. The third-order valence-corrected chi connectivity index (χ3v) is 7.66. The minimum atomic E-state index is -5.93. The topological polar surface area (TPSA) is 227 Å². The summed E-state index contributed by atoms with van der Waals surface area (Å²) < 4.78 is 79.7. The molecule has 1 aromatic rings. The van der Waals surface area contributed by atoms with Crippen LogP contribution in [0, 0.1) is 17.0 Å². The number of terminal acetylenes is 1. The molecule has 1 fully saturated rings. The number of alkyl halides is 2. The van der Waals surface area contributed by atoms with Crippen molar-refractivity contribution in [3.05, 3.63) is 27.4 Å². The van der Waals surface area contributed by atoms with Gasteiger partial charge in [-0.05, 0) is 6.07 Å². The lowest BCUT2D eigenvalue weighted by molar-refractivity contribution is -0.204. The molecule has 0 spiro atoms. The van der Waals surface area contributed by atoms with Crippen LogP contribution < -0.4 is 5.69 Å². The number of aromatic nitrogens is 2. The van der Waals surface area contributed by atoms with E-state index in [-0.39, 0.29) is 4.64 Å². The van der Waals surface area contributed by atoms with Crippen LogP contribution in [-0.2, 0) is 31.6 Å². The van der Waals surface area contributed by atoms with E-state index >= 15 is 8.78 Å². The van der Waals surface area contributed by atoms with Crippen molar-refractivity contribution >= 4 is 35.7 Å². The number of aliphatic hydroxyl groups excluding tert-OH is 1. The average molecular weight is 544 g/mol. The molecule has 1 aliphatic rings. The number of ether oxygens (including phenoxy) is 1. The summed E-state index contributed by atoms with van der Waals surface area (Å²) in [6.07, 6.45) is 0.547.